The van der Waals surface area contributed by atoms with Crippen molar-refractivity contribution in [2.75, 3.05) is 6.61 Å². The van der Waals surface area contributed by atoms with Gasteiger partial charge in [-0.05, 0) is 19.9 Å². The van der Waals surface area contributed by atoms with Gasteiger partial charge in [-0.2, -0.15) is 0 Å². The smallest absolute Gasteiger partial charge is 0.282 e. The number of ketones is 1. The third-order valence-electron chi connectivity index (χ3n) is 2.24. The van der Waals surface area contributed by atoms with E-state index in [0.717, 1.165) is 12.1 Å². The number of nitro groups is 1. The number of alkyl halides is 2. The topological polar surface area (TPSA) is 69.4 Å². The van der Waals surface area contributed by atoms with E-state index >= 15 is 0 Å². The lowest BCUT2D eigenvalue weighted by Gasteiger charge is -2.11. The highest BCUT2D eigenvalue weighted by Gasteiger charge is 2.28. The molecule has 1 aromatic rings. The van der Waals surface area contributed by atoms with E-state index in [-0.39, 0.29) is 17.9 Å². The Balaban J connectivity index is 3.54. The summed E-state index contributed by atoms with van der Waals surface area (Å²) >= 11 is 0. The molecule has 0 unspecified atom stereocenters. The molecule has 5 nitrogen and oxygen atoms in total. The molecule has 0 aliphatic carbocycles. The fourth-order valence-corrected chi connectivity index (χ4v) is 1.46. The highest BCUT2D eigenvalue weighted by atomic mass is 19.3. The molecule has 0 spiro atoms. The molecule has 1 aromatic carbocycles. The number of nitrogens with zero attached hydrogens (tertiary/aromatic N) is 1. The van der Waals surface area contributed by atoms with E-state index in [1.165, 1.54) is 6.92 Å². The van der Waals surface area contributed by atoms with Crippen molar-refractivity contribution in [2.24, 2.45) is 0 Å². The van der Waals surface area contributed by atoms with E-state index in [9.17, 15) is 23.7 Å². The summed E-state index contributed by atoms with van der Waals surface area (Å²) in [5.41, 5.74) is -1.64. The Labute approximate surface area is 102 Å². The van der Waals surface area contributed by atoms with E-state index in [2.05, 4.69) is 0 Å². The number of carbonyl (C=O) groups is 1. The van der Waals surface area contributed by atoms with Crippen molar-refractivity contribution >= 4 is 11.5 Å². The number of ether oxygens (including phenoxy) is 1. The first-order valence-corrected chi connectivity index (χ1v) is 5.12. The third-order valence-corrected chi connectivity index (χ3v) is 2.24. The summed E-state index contributed by atoms with van der Waals surface area (Å²) in [7, 11) is 0. The molecule has 1 rings (SSSR count). The second kappa shape index (κ2) is 5.52. The molecule has 0 aromatic heterocycles. The zero-order valence-corrected chi connectivity index (χ0v) is 9.78. The quantitative estimate of drug-likeness (QED) is 0.462. The molecule has 0 amide bonds. The zero-order chi connectivity index (χ0) is 13.9. The maximum Gasteiger partial charge on any atom is 0.282 e. The second-order valence-corrected chi connectivity index (χ2v) is 3.45. The number of rotatable bonds is 5. The van der Waals surface area contributed by atoms with Gasteiger partial charge in [0.05, 0.1) is 11.5 Å². The van der Waals surface area contributed by atoms with E-state index in [4.69, 9.17) is 4.74 Å². The third kappa shape index (κ3) is 2.79. The van der Waals surface area contributed by atoms with Crippen molar-refractivity contribution in [1.29, 1.82) is 0 Å². The summed E-state index contributed by atoms with van der Waals surface area (Å²) < 4.78 is 30.6. The minimum absolute atomic E-state index is 0.0328. The summed E-state index contributed by atoms with van der Waals surface area (Å²) in [6, 6.07) is 1.94. The first kappa shape index (κ1) is 14.0. The van der Waals surface area contributed by atoms with Crippen LogP contribution in [0.5, 0.6) is 5.75 Å². The van der Waals surface area contributed by atoms with E-state index < -0.39 is 28.4 Å². The fraction of sp³-hybridized carbons (Fsp3) is 0.364. The number of hydrogen-bond acceptors (Lipinski definition) is 4. The summed E-state index contributed by atoms with van der Waals surface area (Å²) in [5.74, 6) is -0.785. The van der Waals surface area contributed by atoms with Crippen LogP contribution in [0.15, 0.2) is 12.1 Å². The van der Waals surface area contributed by atoms with Gasteiger partial charge in [-0.15, -0.1) is 0 Å². The lowest BCUT2D eigenvalue weighted by Crippen LogP contribution is -2.05. The van der Waals surface area contributed by atoms with Gasteiger partial charge < -0.3 is 4.74 Å². The predicted molar refractivity (Wildman–Crippen MR) is 59.2 cm³/mol. The minimum Gasteiger partial charge on any atom is -0.493 e. The molecular weight excluding hydrogens is 248 g/mol. The van der Waals surface area contributed by atoms with Crippen molar-refractivity contribution in [2.45, 2.75) is 20.3 Å². The first-order chi connectivity index (χ1) is 8.38. The largest absolute Gasteiger partial charge is 0.493 e. The molecular formula is C11H11F2NO4. The summed E-state index contributed by atoms with van der Waals surface area (Å²) in [6.07, 6.45) is -3.05. The molecule has 0 saturated carbocycles. The number of Topliss-reactive ketones (excluding diaryl/α,β-unsaturated/α-hetero) is 1. The summed E-state index contributed by atoms with van der Waals surface area (Å²) in [6.45, 7) is 2.82. The number of hydrogen-bond donors (Lipinski definition) is 0. The van der Waals surface area contributed by atoms with Crippen LogP contribution in [0.25, 0.3) is 0 Å². The Kier molecular flexibility index (Phi) is 4.30. The zero-order valence-electron chi connectivity index (χ0n) is 9.78. The Morgan fingerprint density at radius 2 is 2.11 bits per heavy atom. The molecule has 0 aliphatic rings. The average Bonchev–Trinajstić information content (AvgIpc) is 2.27. The Morgan fingerprint density at radius 1 is 1.50 bits per heavy atom. The van der Waals surface area contributed by atoms with E-state index in [1.807, 2.05) is 0 Å². The van der Waals surface area contributed by atoms with Crippen molar-refractivity contribution in [3.05, 3.63) is 33.4 Å². The highest BCUT2D eigenvalue weighted by Crippen LogP contribution is 2.38. The SMILES string of the molecule is CCOc1cc(C(C)=O)cc([N+](=O)[O-])c1C(F)F. The Morgan fingerprint density at radius 3 is 2.50 bits per heavy atom. The van der Waals surface area contributed by atoms with Crippen molar-refractivity contribution in [1.82, 2.24) is 0 Å². The molecule has 0 fully saturated rings. The van der Waals surface area contributed by atoms with Crippen LogP contribution in [0, 0.1) is 10.1 Å². The van der Waals surface area contributed by atoms with Crippen LogP contribution in [0.3, 0.4) is 0 Å². The van der Waals surface area contributed by atoms with Gasteiger partial charge in [0.1, 0.15) is 11.3 Å². The van der Waals surface area contributed by atoms with Gasteiger partial charge in [-0.25, -0.2) is 8.78 Å². The maximum absolute atomic E-state index is 12.8. The van der Waals surface area contributed by atoms with Crippen molar-refractivity contribution in [3.8, 4) is 5.75 Å². The molecule has 0 atom stereocenters. The van der Waals surface area contributed by atoms with Crippen LogP contribution >= 0.6 is 0 Å². The number of halogens is 2. The summed E-state index contributed by atoms with van der Waals surface area (Å²) in [4.78, 5) is 21.0. The number of nitro benzene ring substituents is 1. The molecule has 0 bridgehead atoms. The number of carbonyl (C=O) groups excluding carboxylic acids is 1. The van der Waals surface area contributed by atoms with Crippen LogP contribution in [-0.2, 0) is 0 Å². The van der Waals surface area contributed by atoms with Gasteiger partial charge in [0.25, 0.3) is 12.1 Å². The van der Waals surface area contributed by atoms with Crippen LogP contribution in [0.1, 0.15) is 36.2 Å². The molecule has 0 N–H and O–H groups in total. The van der Waals surface area contributed by atoms with Gasteiger partial charge in [0.15, 0.2) is 5.78 Å². The normalized spacial score (nSPS) is 10.5. The van der Waals surface area contributed by atoms with Crippen LogP contribution < -0.4 is 4.74 Å². The molecule has 18 heavy (non-hydrogen) atoms. The van der Waals surface area contributed by atoms with Crippen LogP contribution in [0.4, 0.5) is 14.5 Å². The molecule has 98 valence electrons. The minimum atomic E-state index is -3.05. The van der Waals surface area contributed by atoms with Crippen molar-refractivity contribution in [3.63, 3.8) is 0 Å². The molecule has 0 saturated heterocycles. The van der Waals surface area contributed by atoms with Crippen molar-refractivity contribution < 1.29 is 23.2 Å². The van der Waals surface area contributed by atoms with E-state index in [0.29, 0.717) is 0 Å². The lowest BCUT2D eigenvalue weighted by atomic mass is 10.1. The fourth-order valence-electron chi connectivity index (χ4n) is 1.46. The van der Waals surface area contributed by atoms with Crippen LogP contribution in [0.2, 0.25) is 0 Å². The van der Waals surface area contributed by atoms with Gasteiger partial charge >= 0.3 is 0 Å². The van der Waals surface area contributed by atoms with Gasteiger partial charge in [-0.1, -0.05) is 0 Å². The number of benzene rings is 1. The van der Waals surface area contributed by atoms with Gasteiger partial charge in [0, 0.05) is 11.6 Å². The van der Waals surface area contributed by atoms with Gasteiger partial charge in [0.2, 0.25) is 0 Å². The predicted octanol–water partition coefficient (Wildman–Crippen LogP) is 3.13. The Hall–Kier alpha value is -2.05. The molecule has 0 heterocycles. The molecule has 0 radical (unpaired) electrons. The van der Waals surface area contributed by atoms with E-state index in [1.54, 1.807) is 6.92 Å². The molecule has 7 heteroatoms. The molecule has 0 aliphatic heterocycles. The summed E-state index contributed by atoms with van der Waals surface area (Å²) in [5, 5.41) is 10.8. The Bertz CT molecular complexity index is 488. The first-order valence-electron chi connectivity index (χ1n) is 5.12. The lowest BCUT2D eigenvalue weighted by molar-refractivity contribution is -0.386. The average molecular weight is 259 g/mol. The second-order valence-electron chi connectivity index (χ2n) is 3.45. The van der Waals surface area contributed by atoms with Crippen LogP contribution in [-0.4, -0.2) is 17.3 Å². The maximum atomic E-state index is 12.8. The monoisotopic (exact) mass is 259 g/mol. The highest BCUT2D eigenvalue weighted by molar-refractivity contribution is 5.95. The standard InChI is InChI=1S/C11H11F2NO4/c1-3-18-9-5-7(6(2)15)4-8(14(16)17)10(9)11(12)13/h4-5,11H,3H2,1-2H3. The van der Waals surface area contributed by atoms with Gasteiger partial charge in [-0.3, -0.25) is 14.9 Å².